The molecule has 1 heterocycles. The van der Waals surface area contributed by atoms with E-state index in [1.807, 2.05) is 37.3 Å². The molecule has 1 aliphatic rings. The lowest BCUT2D eigenvalue weighted by molar-refractivity contribution is -0.143. The molecule has 0 bridgehead atoms. The number of nitrogens with zero attached hydrogens (tertiary/aromatic N) is 1. The van der Waals surface area contributed by atoms with Gasteiger partial charge in [0.2, 0.25) is 0 Å². The van der Waals surface area contributed by atoms with Gasteiger partial charge >= 0.3 is 5.97 Å². The minimum absolute atomic E-state index is 0.0482. The number of carboxylic acid groups (broad SMARTS) is 1. The number of likely N-dealkylation sites (tertiary alicyclic amines) is 1. The Morgan fingerprint density at radius 3 is 2.42 bits per heavy atom. The van der Waals surface area contributed by atoms with Gasteiger partial charge in [-0.25, -0.2) is 0 Å². The van der Waals surface area contributed by atoms with E-state index in [0.29, 0.717) is 30.8 Å². The van der Waals surface area contributed by atoms with Crippen LogP contribution in [0.4, 0.5) is 0 Å². The van der Waals surface area contributed by atoms with E-state index in [1.165, 1.54) is 0 Å². The minimum Gasteiger partial charge on any atom is -0.489 e. The third-order valence-corrected chi connectivity index (χ3v) is 4.84. The lowest BCUT2D eigenvalue weighted by Gasteiger charge is -2.36. The molecule has 26 heavy (non-hydrogen) atoms. The molecule has 2 atom stereocenters. The van der Waals surface area contributed by atoms with Crippen LogP contribution in [-0.4, -0.2) is 34.5 Å². The number of carboxylic acids is 1. The van der Waals surface area contributed by atoms with Gasteiger partial charge in [-0.15, -0.1) is 0 Å². The molecule has 0 aliphatic carbocycles. The van der Waals surface area contributed by atoms with E-state index in [0.717, 1.165) is 5.56 Å². The summed E-state index contributed by atoms with van der Waals surface area (Å²) in [5, 5.41) is 9.23. The molecule has 0 aromatic heterocycles. The van der Waals surface area contributed by atoms with Gasteiger partial charge in [-0.2, -0.15) is 0 Å². The molecule has 0 saturated carbocycles. The molecule has 2 aromatic carbocycles. The summed E-state index contributed by atoms with van der Waals surface area (Å²) in [6.07, 6.45) is 1.33. The van der Waals surface area contributed by atoms with Gasteiger partial charge in [0.25, 0.3) is 5.91 Å². The van der Waals surface area contributed by atoms with Crippen molar-refractivity contribution in [1.29, 1.82) is 0 Å². The van der Waals surface area contributed by atoms with Crippen LogP contribution in [0.15, 0.2) is 54.6 Å². The van der Waals surface area contributed by atoms with Gasteiger partial charge in [-0.1, -0.05) is 30.3 Å². The Labute approximate surface area is 153 Å². The highest BCUT2D eigenvalue weighted by molar-refractivity contribution is 5.95. The van der Waals surface area contributed by atoms with Gasteiger partial charge in [0.1, 0.15) is 12.4 Å². The Kier molecular flexibility index (Phi) is 5.56. The predicted octanol–water partition coefficient (Wildman–Crippen LogP) is 3.59. The number of ether oxygens (including phenoxy) is 1. The van der Waals surface area contributed by atoms with Crippen molar-refractivity contribution >= 4 is 11.9 Å². The van der Waals surface area contributed by atoms with Gasteiger partial charge in [-0.3, -0.25) is 9.59 Å². The highest BCUT2D eigenvalue weighted by Crippen LogP contribution is 2.24. The summed E-state index contributed by atoms with van der Waals surface area (Å²) in [6, 6.07) is 16.9. The van der Waals surface area contributed by atoms with Gasteiger partial charge in [-0.05, 0) is 49.6 Å². The third-order valence-electron chi connectivity index (χ3n) is 4.84. The fraction of sp³-hybridized carbons (Fsp3) is 0.333. The summed E-state index contributed by atoms with van der Waals surface area (Å²) in [4.78, 5) is 25.7. The number of carbonyl (C=O) groups excluding carboxylic acids is 1. The van der Waals surface area contributed by atoms with Crippen molar-refractivity contribution in [1.82, 2.24) is 4.90 Å². The Hall–Kier alpha value is -2.82. The monoisotopic (exact) mass is 353 g/mol. The van der Waals surface area contributed by atoms with Crippen LogP contribution >= 0.6 is 0 Å². The average Bonchev–Trinajstić information content (AvgIpc) is 2.67. The van der Waals surface area contributed by atoms with Gasteiger partial charge in [0.05, 0.1) is 5.92 Å². The van der Waals surface area contributed by atoms with Crippen molar-refractivity contribution in [3.63, 3.8) is 0 Å². The van der Waals surface area contributed by atoms with Crippen molar-refractivity contribution in [2.24, 2.45) is 5.92 Å². The molecule has 136 valence electrons. The minimum atomic E-state index is -0.834. The van der Waals surface area contributed by atoms with Gasteiger partial charge in [0, 0.05) is 18.2 Å². The normalized spacial score (nSPS) is 19.8. The summed E-state index contributed by atoms with van der Waals surface area (Å²) in [6.45, 7) is 2.70. The first-order chi connectivity index (χ1) is 12.5. The second-order valence-electron chi connectivity index (χ2n) is 6.72. The Morgan fingerprint density at radius 2 is 1.77 bits per heavy atom. The molecule has 5 nitrogen and oxygen atoms in total. The molecule has 5 heteroatoms. The molecule has 0 radical (unpaired) electrons. The average molecular weight is 353 g/mol. The zero-order chi connectivity index (χ0) is 18.5. The largest absolute Gasteiger partial charge is 0.489 e. The summed E-state index contributed by atoms with van der Waals surface area (Å²) in [5.41, 5.74) is 1.63. The van der Waals surface area contributed by atoms with Crippen LogP contribution in [0.3, 0.4) is 0 Å². The first kappa shape index (κ1) is 18.0. The fourth-order valence-corrected chi connectivity index (χ4v) is 3.19. The molecule has 1 amide bonds. The quantitative estimate of drug-likeness (QED) is 0.892. The first-order valence-electron chi connectivity index (χ1n) is 8.85. The molecule has 0 spiro atoms. The summed E-state index contributed by atoms with van der Waals surface area (Å²) in [7, 11) is 0. The van der Waals surface area contributed by atoms with Crippen LogP contribution in [0.1, 0.15) is 35.7 Å². The van der Waals surface area contributed by atoms with Crippen molar-refractivity contribution in [2.45, 2.75) is 32.4 Å². The van der Waals surface area contributed by atoms with E-state index in [2.05, 4.69) is 0 Å². The van der Waals surface area contributed by atoms with E-state index in [9.17, 15) is 14.7 Å². The molecule has 1 fully saturated rings. The number of rotatable bonds is 5. The van der Waals surface area contributed by atoms with Crippen LogP contribution in [0.2, 0.25) is 0 Å². The smallest absolute Gasteiger partial charge is 0.308 e. The zero-order valence-corrected chi connectivity index (χ0v) is 14.8. The number of hydrogen-bond donors (Lipinski definition) is 1. The first-order valence-corrected chi connectivity index (χ1v) is 8.85. The molecule has 1 aliphatic heterocycles. The van der Waals surface area contributed by atoms with Crippen molar-refractivity contribution in [3.8, 4) is 5.75 Å². The Balaban J connectivity index is 1.63. The van der Waals surface area contributed by atoms with E-state index in [4.69, 9.17) is 4.74 Å². The third kappa shape index (κ3) is 4.23. The lowest BCUT2D eigenvalue weighted by atomic mass is 9.93. The lowest BCUT2D eigenvalue weighted by Crippen LogP contribution is -2.47. The van der Waals surface area contributed by atoms with E-state index < -0.39 is 11.9 Å². The SMILES string of the molecule is CC1CCC(C(=O)O)CN1C(=O)c1ccc(OCc2ccccc2)cc1. The van der Waals surface area contributed by atoms with Crippen LogP contribution in [0, 0.1) is 5.92 Å². The molecule has 2 unspecified atom stereocenters. The van der Waals surface area contributed by atoms with Gasteiger partial charge < -0.3 is 14.7 Å². The molecule has 1 saturated heterocycles. The topological polar surface area (TPSA) is 66.8 Å². The standard InChI is InChI=1S/C21H23NO4/c1-15-7-8-18(21(24)25)13-22(15)20(23)17-9-11-19(12-10-17)26-14-16-5-3-2-4-6-16/h2-6,9-12,15,18H,7-8,13-14H2,1H3,(H,24,25). The maximum absolute atomic E-state index is 12.8. The van der Waals surface area contributed by atoms with Crippen LogP contribution in [0.25, 0.3) is 0 Å². The maximum Gasteiger partial charge on any atom is 0.308 e. The van der Waals surface area contributed by atoms with E-state index in [1.54, 1.807) is 29.2 Å². The highest BCUT2D eigenvalue weighted by atomic mass is 16.5. The molecule has 2 aromatic rings. The summed E-state index contributed by atoms with van der Waals surface area (Å²) in [5.74, 6) is -0.749. The van der Waals surface area contributed by atoms with Crippen LogP contribution in [-0.2, 0) is 11.4 Å². The molecule has 1 N–H and O–H groups in total. The molecule has 3 rings (SSSR count). The molecular formula is C21H23NO4. The van der Waals surface area contributed by atoms with Gasteiger partial charge in [0.15, 0.2) is 0 Å². The van der Waals surface area contributed by atoms with Crippen LogP contribution in [0.5, 0.6) is 5.75 Å². The van der Waals surface area contributed by atoms with Crippen molar-refractivity contribution in [3.05, 3.63) is 65.7 Å². The fourth-order valence-electron chi connectivity index (χ4n) is 3.19. The van der Waals surface area contributed by atoms with E-state index >= 15 is 0 Å². The van der Waals surface area contributed by atoms with Crippen LogP contribution < -0.4 is 4.74 Å². The number of benzene rings is 2. The maximum atomic E-state index is 12.8. The Morgan fingerprint density at radius 1 is 1.08 bits per heavy atom. The number of piperidine rings is 1. The van der Waals surface area contributed by atoms with Crippen molar-refractivity contribution < 1.29 is 19.4 Å². The van der Waals surface area contributed by atoms with E-state index in [-0.39, 0.29) is 18.5 Å². The Bertz CT molecular complexity index is 757. The highest BCUT2D eigenvalue weighted by Gasteiger charge is 2.32. The summed E-state index contributed by atoms with van der Waals surface area (Å²) < 4.78 is 5.74. The molecular weight excluding hydrogens is 330 g/mol. The second kappa shape index (κ2) is 8.04. The summed E-state index contributed by atoms with van der Waals surface area (Å²) >= 11 is 0. The number of carbonyl (C=O) groups is 2. The number of amides is 1. The second-order valence-corrected chi connectivity index (χ2v) is 6.72. The number of aliphatic carboxylic acids is 1. The number of hydrogen-bond acceptors (Lipinski definition) is 3. The zero-order valence-electron chi connectivity index (χ0n) is 14.8. The predicted molar refractivity (Wildman–Crippen MR) is 98.1 cm³/mol. The van der Waals surface area contributed by atoms with Crippen molar-refractivity contribution in [2.75, 3.05) is 6.54 Å².